The Kier molecular flexibility index (Phi) is 3.99. The van der Waals surface area contributed by atoms with Crippen molar-refractivity contribution in [2.75, 3.05) is 19.8 Å². The van der Waals surface area contributed by atoms with Crippen LogP contribution in [0.25, 0.3) is 0 Å². The maximum absolute atomic E-state index is 12.9. The molecule has 5 heteroatoms. The Morgan fingerprint density at radius 1 is 1.53 bits per heavy atom. The van der Waals surface area contributed by atoms with Crippen molar-refractivity contribution >= 4 is 11.6 Å². The Morgan fingerprint density at radius 3 is 3.00 bits per heavy atom. The molecule has 1 heterocycles. The number of benzene rings is 1. The van der Waals surface area contributed by atoms with Crippen LogP contribution in [0.2, 0.25) is 5.02 Å². The predicted octanol–water partition coefficient (Wildman–Crippen LogP) is 1.72. The highest BCUT2D eigenvalue weighted by atomic mass is 35.5. The molecule has 2 rings (SSSR count). The Hall–Kier alpha value is -0.680. The minimum Gasteiger partial charge on any atom is -0.386 e. The molecule has 0 radical (unpaired) electrons. The lowest BCUT2D eigenvalue weighted by Gasteiger charge is -2.20. The minimum absolute atomic E-state index is 0.118. The van der Waals surface area contributed by atoms with Crippen molar-refractivity contribution < 1.29 is 14.2 Å². The summed E-state index contributed by atoms with van der Waals surface area (Å²) in [5.74, 6) is -0.418. The summed E-state index contributed by atoms with van der Waals surface area (Å²) in [5, 5.41) is 13.2. The van der Waals surface area contributed by atoms with E-state index in [1.165, 1.54) is 6.07 Å². The lowest BCUT2D eigenvalue weighted by Crippen LogP contribution is -2.40. The van der Waals surface area contributed by atoms with E-state index in [9.17, 15) is 9.50 Å². The fourth-order valence-corrected chi connectivity index (χ4v) is 2.03. The van der Waals surface area contributed by atoms with Gasteiger partial charge in [-0.3, -0.25) is 0 Å². The third-order valence-corrected chi connectivity index (χ3v) is 3.14. The molecule has 0 bridgehead atoms. The van der Waals surface area contributed by atoms with Gasteiger partial charge in [0.1, 0.15) is 11.4 Å². The standard InChI is InChI=1S/C12H15ClFNO2/c13-10-5-9(1-2-11(10)14)6-15-7-12(16)3-4-17-8-12/h1-2,5,15-16H,3-4,6-8H2. The number of nitrogens with one attached hydrogen (secondary N) is 1. The first kappa shape index (κ1) is 12.8. The van der Waals surface area contributed by atoms with E-state index in [0.29, 0.717) is 32.7 Å². The van der Waals surface area contributed by atoms with Crippen molar-refractivity contribution in [3.8, 4) is 0 Å². The number of hydrogen-bond donors (Lipinski definition) is 2. The van der Waals surface area contributed by atoms with Gasteiger partial charge in [-0.1, -0.05) is 17.7 Å². The van der Waals surface area contributed by atoms with Gasteiger partial charge in [-0.15, -0.1) is 0 Å². The molecule has 0 saturated carbocycles. The summed E-state index contributed by atoms with van der Waals surface area (Å²) in [5.41, 5.74) is 0.114. The van der Waals surface area contributed by atoms with Gasteiger partial charge in [0, 0.05) is 26.1 Å². The summed E-state index contributed by atoms with van der Waals surface area (Å²) in [6.45, 7) is 1.97. The molecule has 1 atom stereocenters. The van der Waals surface area contributed by atoms with Gasteiger partial charge in [-0.25, -0.2) is 4.39 Å². The van der Waals surface area contributed by atoms with Crippen LogP contribution in [0.3, 0.4) is 0 Å². The molecule has 2 N–H and O–H groups in total. The number of ether oxygens (including phenoxy) is 1. The third-order valence-electron chi connectivity index (χ3n) is 2.85. The van der Waals surface area contributed by atoms with Gasteiger partial charge in [0.05, 0.1) is 11.6 Å². The van der Waals surface area contributed by atoms with Crippen LogP contribution in [0.1, 0.15) is 12.0 Å². The quantitative estimate of drug-likeness (QED) is 0.865. The smallest absolute Gasteiger partial charge is 0.141 e. The van der Waals surface area contributed by atoms with Crippen LogP contribution in [0, 0.1) is 5.82 Å². The average molecular weight is 260 g/mol. The van der Waals surface area contributed by atoms with E-state index in [4.69, 9.17) is 16.3 Å². The van der Waals surface area contributed by atoms with Crippen LogP contribution in [0.5, 0.6) is 0 Å². The highest BCUT2D eigenvalue weighted by Gasteiger charge is 2.31. The van der Waals surface area contributed by atoms with E-state index in [1.54, 1.807) is 12.1 Å². The molecule has 3 nitrogen and oxygen atoms in total. The molecule has 1 aromatic carbocycles. The van der Waals surface area contributed by atoms with Crippen molar-refractivity contribution in [3.63, 3.8) is 0 Å². The molecule has 0 aromatic heterocycles. The number of rotatable bonds is 4. The monoisotopic (exact) mass is 259 g/mol. The fraction of sp³-hybridized carbons (Fsp3) is 0.500. The van der Waals surface area contributed by atoms with Crippen LogP contribution in [-0.4, -0.2) is 30.5 Å². The van der Waals surface area contributed by atoms with Crippen molar-refractivity contribution in [1.82, 2.24) is 5.32 Å². The van der Waals surface area contributed by atoms with Crippen LogP contribution >= 0.6 is 11.6 Å². The zero-order valence-corrected chi connectivity index (χ0v) is 10.1. The Balaban J connectivity index is 1.83. The third kappa shape index (κ3) is 3.39. The van der Waals surface area contributed by atoms with Gasteiger partial charge in [0.2, 0.25) is 0 Å². The van der Waals surface area contributed by atoms with E-state index in [-0.39, 0.29) is 5.02 Å². The molecular weight excluding hydrogens is 245 g/mol. The number of hydrogen-bond acceptors (Lipinski definition) is 3. The lowest BCUT2D eigenvalue weighted by atomic mass is 10.0. The molecule has 0 spiro atoms. The maximum Gasteiger partial charge on any atom is 0.141 e. The molecule has 0 aliphatic carbocycles. The van der Waals surface area contributed by atoms with Crippen molar-refractivity contribution in [3.05, 3.63) is 34.6 Å². The van der Waals surface area contributed by atoms with Gasteiger partial charge in [0.25, 0.3) is 0 Å². The topological polar surface area (TPSA) is 41.5 Å². The molecule has 1 aromatic rings. The van der Waals surface area contributed by atoms with Gasteiger partial charge >= 0.3 is 0 Å². The van der Waals surface area contributed by atoms with E-state index in [1.807, 2.05) is 0 Å². The first-order valence-electron chi connectivity index (χ1n) is 5.54. The van der Waals surface area contributed by atoms with Gasteiger partial charge in [-0.05, 0) is 17.7 Å². The normalized spacial score (nSPS) is 24.2. The van der Waals surface area contributed by atoms with Gasteiger partial charge < -0.3 is 15.2 Å². The Labute approximate surface area is 105 Å². The van der Waals surface area contributed by atoms with Crippen LogP contribution in [0.15, 0.2) is 18.2 Å². The van der Waals surface area contributed by atoms with Gasteiger partial charge in [0.15, 0.2) is 0 Å². The van der Waals surface area contributed by atoms with Gasteiger partial charge in [-0.2, -0.15) is 0 Å². The maximum atomic E-state index is 12.9. The largest absolute Gasteiger partial charge is 0.386 e. The van der Waals surface area contributed by atoms with Crippen LogP contribution in [-0.2, 0) is 11.3 Å². The summed E-state index contributed by atoms with van der Waals surface area (Å²) in [7, 11) is 0. The minimum atomic E-state index is -0.774. The second-order valence-corrected chi connectivity index (χ2v) is 4.79. The molecule has 1 unspecified atom stereocenters. The highest BCUT2D eigenvalue weighted by molar-refractivity contribution is 6.30. The number of aliphatic hydroxyl groups is 1. The number of halogens is 2. The highest BCUT2D eigenvalue weighted by Crippen LogP contribution is 2.18. The summed E-state index contributed by atoms with van der Waals surface area (Å²) in [4.78, 5) is 0. The van der Waals surface area contributed by atoms with E-state index in [2.05, 4.69) is 5.32 Å². The zero-order valence-electron chi connectivity index (χ0n) is 9.38. The molecule has 1 fully saturated rings. The SMILES string of the molecule is OC1(CNCc2ccc(F)c(Cl)c2)CCOC1. The Morgan fingerprint density at radius 2 is 2.35 bits per heavy atom. The molecular formula is C12H15ClFNO2. The molecule has 94 valence electrons. The molecule has 17 heavy (non-hydrogen) atoms. The Bertz CT molecular complexity index is 394. The zero-order chi connectivity index (χ0) is 12.3. The summed E-state index contributed by atoms with van der Waals surface area (Å²) >= 11 is 5.68. The first-order chi connectivity index (χ1) is 8.09. The van der Waals surface area contributed by atoms with Crippen LogP contribution in [0.4, 0.5) is 4.39 Å². The second-order valence-electron chi connectivity index (χ2n) is 4.38. The van der Waals surface area contributed by atoms with Crippen molar-refractivity contribution in [1.29, 1.82) is 0 Å². The fourth-order valence-electron chi connectivity index (χ4n) is 1.82. The summed E-state index contributed by atoms with van der Waals surface area (Å²) < 4.78 is 18.1. The lowest BCUT2D eigenvalue weighted by molar-refractivity contribution is 0.0268. The van der Waals surface area contributed by atoms with E-state index < -0.39 is 11.4 Å². The molecule has 0 amide bonds. The summed E-state index contributed by atoms with van der Waals surface area (Å²) in [6, 6.07) is 4.59. The summed E-state index contributed by atoms with van der Waals surface area (Å²) in [6.07, 6.45) is 0.643. The predicted molar refractivity (Wildman–Crippen MR) is 63.5 cm³/mol. The van der Waals surface area contributed by atoms with E-state index in [0.717, 1.165) is 5.56 Å². The first-order valence-corrected chi connectivity index (χ1v) is 5.92. The second kappa shape index (κ2) is 5.31. The average Bonchev–Trinajstić information content (AvgIpc) is 2.71. The van der Waals surface area contributed by atoms with Crippen molar-refractivity contribution in [2.45, 2.75) is 18.6 Å². The molecule has 1 aliphatic rings. The van der Waals surface area contributed by atoms with Crippen LogP contribution < -0.4 is 5.32 Å². The van der Waals surface area contributed by atoms with E-state index >= 15 is 0 Å². The molecule has 1 saturated heterocycles. The van der Waals surface area contributed by atoms with Crippen molar-refractivity contribution in [2.24, 2.45) is 0 Å². The molecule has 1 aliphatic heterocycles.